The monoisotopic (exact) mass is 342 g/mol. The Hall–Kier alpha value is -0.0365. The van der Waals surface area contributed by atoms with Crippen LogP contribution < -0.4 is 0 Å². The first-order valence-corrected chi connectivity index (χ1v) is 8.84. The summed E-state index contributed by atoms with van der Waals surface area (Å²) in [5, 5.41) is 8.52. The Morgan fingerprint density at radius 3 is 1.38 bits per heavy atom. The zero-order valence-corrected chi connectivity index (χ0v) is 15.1. The fraction of sp³-hybridized carbons (Fsp3) is 0.944. The number of aliphatic carboxylic acids is 1. The minimum Gasteiger partial charge on any atom is -0.481 e. The molecule has 0 unspecified atom stereocenters. The van der Waals surface area contributed by atoms with E-state index in [1.807, 2.05) is 0 Å². The van der Waals surface area contributed by atoms with Crippen molar-refractivity contribution in [2.24, 2.45) is 5.92 Å². The van der Waals surface area contributed by atoms with Crippen LogP contribution in [0.3, 0.4) is 0 Å². The second kappa shape index (κ2) is 18.0. The summed E-state index contributed by atoms with van der Waals surface area (Å²) in [6.45, 7) is 4.61. The van der Waals surface area contributed by atoms with Crippen LogP contribution in [0.15, 0.2) is 0 Å². The van der Waals surface area contributed by atoms with Crippen LogP contribution in [0, 0.1) is 5.92 Å². The molecule has 21 heavy (non-hydrogen) atoms. The Bertz CT molecular complexity index is 217. The Morgan fingerprint density at radius 2 is 1.05 bits per heavy atom. The third-order valence-electron chi connectivity index (χ3n) is 3.92. The average Bonchev–Trinajstić information content (AvgIpc) is 2.38. The average molecular weight is 343 g/mol. The Balaban J connectivity index is 0. The fourth-order valence-electron chi connectivity index (χ4n) is 2.60. The zero-order chi connectivity index (χ0) is 15.1. The molecule has 1 N–H and O–H groups in total. The second-order valence-corrected chi connectivity index (χ2v) is 6.57. The molecule has 0 aliphatic rings. The number of carboxylic acid groups (broad SMARTS) is 1. The van der Waals surface area contributed by atoms with Gasteiger partial charge in [-0.2, -0.15) is 0 Å². The maximum absolute atomic E-state index is 10.3. The first kappa shape index (κ1) is 23.2. The van der Waals surface area contributed by atoms with Gasteiger partial charge in [-0.25, -0.2) is 0 Å². The van der Waals surface area contributed by atoms with Gasteiger partial charge in [-0.05, 0) is 12.3 Å². The molecule has 130 valence electrons. The van der Waals surface area contributed by atoms with E-state index < -0.39 is 5.97 Å². The van der Waals surface area contributed by atoms with Gasteiger partial charge in [-0.1, -0.05) is 90.9 Å². The van der Waals surface area contributed by atoms with Crippen molar-refractivity contribution >= 4 is 5.97 Å². The van der Waals surface area contributed by atoms with E-state index in [2.05, 4.69) is 13.8 Å². The van der Waals surface area contributed by atoms with Crippen LogP contribution in [-0.4, -0.2) is 11.1 Å². The molecule has 0 heterocycles. The maximum Gasteiger partial charge on any atom is 0.303 e. The topological polar surface area (TPSA) is 37.3 Å². The molecular formula is C18H36NiO2. The predicted molar refractivity (Wildman–Crippen MR) is 87.1 cm³/mol. The van der Waals surface area contributed by atoms with Crippen molar-refractivity contribution in [2.75, 3.05) is 0 Å². The molecule has 0 bridgehead atoms. The van der Waals surface area contributed by atoms with Gasteiger partial charge in [0.25, 0.3) is 0 Å². The Kier molecular flexibility index (Phi) is 19.9. The zero-order valence-electron chi connectivity index (χ0n) is 14.1. The van der Waals surface area contributed by atoms with Crippen molar-refractivity contribution in [3.8, 4) is 0 Å². The summed E-state index contributed by atoms with van der Waals surface area (Å²) in [5.41, 5.74) is 0. The molecule has 3 heteroatoms. The molecule has 0 saturated heterocycles. The minimum atomic E-state index is -0.654. The third-order valence-corrected chi connectivity index (χ3v) is 3.92. The van der Waals surface area contributed by atoms with Crippen LogP contribution in [0.25, 0.3) is 0 Å². The SMILES string of the molecule is CC(C)CCCCCCCCCCCCCCC(=O)O.[Ni]. The number of hydrogen-bond donors (Lipinski definition) is 1. The number of hydrogen-bond acceptors (Lipinski definition) is 1. The van der Waals surface area contributed by atoms with Gasteiger partial charge >= 0.3 is 5.97 Å². The number of rotatable bonds is 15. The van der Waals surface area contributed by atoms with Crippen LogP contribution >= 0.6 is 0 Å². The van der Waals surface area contributed by atoms with Crippen LogP contribution in [-0.2, 0) is 21.3 Å². The summed E-state index contributed by atoms with van der Waals surface area (Å²) in [5.74, 6) is 0.212. The molecule has 0 aliphatic heterocycles. The first-order valence-electron chi connectivity index (χ1n) is 8.84. The van der Waals surface area contributed by atoms with E-state index >= 15 is 0 Å². The van der Waals surface area contributed by atoms with Crippen molar-refractivity contribution in [1.29, 1.82) is 0 Å². The number of carbonyl (C=O) groups is 1. The van der Waals surface area contributed by atoms with E-state index in [9.17, 15) is 4.79 Å². The van der Waals surface area contributed by atoms with Gasteiger partial charge < -0.3 is 5.11 Å². The van der Waals surface area contributed by atoms with Crippen molar-refractivity contribution < 1.29 is 26.4 Å². The smallest absolute Gasteiger partial charge is 0.303 e. The Labute approximate surface area is 142 Å². The molecule has 0 aliphatic carbocycles. The summed E-state index contributed by atoms with van der Waals surface area (Å²) in [6, 6.07) is 0. The summed E-state index contributed by atoms with van der Waals surface area (Å²) >= 11 is 0. The van der Waals surface area contributed by atoms with Gasteiger partial charge in [0.05, 0.1) is 0 Å². The molecule has 0 aromatic rings. The molecule has 0 aromatic carbocycles. The molecule has 0 amide bonds. The third kappa shape index (κ3) is 22.4. The second-order valence-electron chi connectivity index (χ2n) is 6.57. The molecule has 0 fully saturated rings. The molecule has 2 nitrogen and oxygen atoms in total. The largest absolute Gasteiger partial charge is 0.481 e. The summed E-state index contributed by atoms with van der Waals surface area (Å²) in [6.07, 6.45) is 17.3. The predicted octanol–water partition coefficient (Wildman–Crippen LogP) is 6.19. The molecular weight excluding hydrogens is 307 g/mol. The summed E-state index contributed by atoms with van der Waals surface area (Å²) < 4.78 is 0. The molecule has 0 aromatic heterocycles. The normalized spacial score (nSPS) is 10.6. The molecule has 0 saturated carbocycles. The van der Waals surface area contributed by atoms with Crippen molar-refractivity contribution in [2.45, 2.75) is 104 Å². The van der Waals surface area contributed by atoms with E-state index in [-0.39, 0.29) is 16.5 Å². The summed E-state index contributed by atoms with van der Waals surface area (Å²) in [7, 11) is 0. The first-order chi connectivity index (χ1) is 9.63. The minimum absolute atomic E-state index is 0. The van der Waals surface area contributed by atoms with Gasteiger partial charge in [-0.15, -0.1) is 0 Å². The standard InChI is InChI=1S/C18H36O2.Ni/c1-17(2)15-13-11-9-7-5-3-4-6-8-10-12-14-16-18(19)20;/h17H,3-16H2,1-2H3,(H,19,20);. The molecule has 0 atom stereocenters. The van der Waals surface area contributed by atoms with Gasteiger partial charge in [0.15, 0.2) is 0 Å². The fourth-order valence-corrected chi connectivity index (χ4v) is 2.60. The molecule has 0 rings (SSSR count). The van der Waals surface area contributed by atoms with E-state index in [4.69, 9.17) is 5.11 Å². The molecule has 0 radical (unpaired) electrons. The van der Waals surface area contributed by atoms with Gasteiger partial charge in [0.2, 0.25) is 0 Å². The Morgan fingerprint density at radius 1 is 0.714 bits per heavy atom. The van der Waals surface area contributed by atoms with Crippen LogP contribution in [0.5, 0.6) is 0 Å². The number of carboxylic acids is 1. The van der Waals surface area contributed by atoms with Gasteiger partial charge in [-0.3, -0.25) is 4.79 Å². The van der Waals surface area contributed by atoms with Crippen LogP contribution in [0.4, 0.5) is 0 Å². The number of unbranched alkanes of at least 4 members (excludes halogenated alkanes) is 11. The van der Waals surface area contributed by atoms with Crippen LogP contribution in [0.1, 0.15) is 104 Å². The van der Waals surface area contributed by atoms with E-state index in [1.54, 1.807) is 0 Å². The van der Waals surface area contributed by atoms with E-state index in [0.717, 1.165) is 18.8 Å². The quantitative estimate of drug-likeness (QED) is 0.284. The van der Waals surface area contributed by atoms with Crippen LogP contribution in [0.2, 0.25) is 0 Å². The van der Waals surface area contributed by atoms with E-state index in [1.165, 1.54) is 70.6 Å². The van der Waals surface area contributed by atoms with Gasteiger partial charge in [0, 0.05) is 22.9 Å². The van der Waals surface area contributed by atoms with Crippen molar-refractivity contribution in [3.05, 3.63) is 0 Å². The van der Waals surface area contributed by atoms with Gasteiger partial charge in [0.1, 0.15) is 0 Å². The maximum atomic E-state index is 10.3. The summed E-state index contributed by atoms with van der Waals surface area (Å²) in [4.78, 5) is 10.3. The van der Waals surface area contributed by atoms with E-state index in [0.29, 0.717) is 6.42 Å². The van der Waals surface area contributed by atoms with Crippen molar-refractivity contribution in [3.63, 3.8) is 0 Å². The van der Waals surface area contributed by atoms with Crippen molar-refractivity contribution in [1.82, 2.24) is 0 Å². The molecule has 0 spiro atoms.